The molecule has 0 N–H and O–H groups in total. The molecule has 24 heteroatoms. The number of amides is 8. The van der Waals surface area contributed by atoms with Crippen molar-refractivity contribution in [3.05, 3.63) is 279 Å². The first-order chi connectivity index (χ1) is 49.9. The Morgan fingerprint density at radius 3 is 1.28 bits per heavy atom. The first-order valence-corrected chi connectivity index (χ1v) is 37.2. The van der Waals surface area contributed by atoms with Crippen molar-refractivity contribution in [2.45, 2.75) is 76.9 Å². The summed E-state index contributed by atoms with van der Waals surface area (Å²) >= 11 is 3.40. The molecule has 3 aromatic carbocycles. The molecule has 4 atom stereocenters. The number of carbonyl (C=O) groups excluding carboxylic acids is 4. The fraction of sp³-hybridized carbons (Fsp3) is 0.287. The van der Waals surface area contributed by atoms with Gasteiger partial charge in [-0.3, -0.25) is 41.5 Å². The summed E-state index contributed by atoms with van der Waals surface area (Å²) in [5, 5.41) is 7.03. The fourth-order valence-corrected chi connectivity index (χ4v) is 17.8. The first kappa shape index (κ1) is 77.9. The Morgan fingerprint density at radius 2 is 0.875 bits per heavy atom. The Morgan fingerprint density at radius 1 is 0.519 bits per heavy atom. The summed E-state index contributed by atoms with van der Waals surface area (Å²) in [5.74, 6) is 2.41. The van der Waals surface area contributed by atoms with Gasteiger partial charge in [-0.1, -0.05) is 107 Å². The van der Waals surface area contributed by atoms with Crippen LogP contribution in [0.2, 0.25) is 0 Å². The number of aromatic nitrogens is 4. The van der Waals surface area contributed by atoms with Crippen molar-refractivity contribution in [2.24, 2.45) is 0 Å². The Hall–Kier alpha value is -8.67. The second-order valence-electron chi connectivity index (χ2n) is 26.5. The zero-order chi connectivity index (χ0) is 72.7. The molecule has 5 fully saturated rings. The number of likely N-dealkylation sites (N-methyl/N-ethyl adjacent to an activating group) is 1. The molecule has 9 aliphatic heterocycles. The zero-order valence-electron chi connectivity index (χ0n) is 60.3. The number of hydroxylamine groups is 4. The van der Waals surface area contributed by atoms with Crippen LogP contribution >= 0.6 is 23.2 Å². The predicted octanol–water partition coefficient (Wildman–Crippen LogP) is 9.08. The molecule has 104 heavy (non-hydrogen) atoms. The van der Waals surface area contributed by atoms with Crippen LogP contribution in [0.25, 0.3) is 16.7 Å². The van der Waals surface area contributed by atoms with E-state index in [2.05, 4.69) is 184 Å². The number of rotatable bonds is 15. The second-order valence-corrected chi connectivity index (χ2v) is 30.8. The third-order valence-corrected chi connectivity index (χ3v) is 23.8. The SMILES string of the molecule is C/C=C/[P+](c1ccccc1)(c1ccccc1)c1ccccc1.C=CCON1C(=O)N2CC(Br)=CC1C2.C=CCON1C(=O)N2CC(c3ccncc3)=CC1C2.CC1(C)OB(c2ccncc2)OC1(C)C.CCN1C(=O)N2CC(c3ccncc3)=CC1C2.[CH2-]N1C(=O)N2CC(c3ccncc3)=CC1C2.[Na+]. The third-order valence-electron chi connectivity index (χ3n) is 19.2. The minimum absolute atomic E-state index is 0. The number of fused-ring (bicyclic) bond motifs is 8. The van der Waals surface area contributed by atoms with Gasteiger partial charge in [-0.15, -0.1) is 13.2 Å². The monoisotopic (exact) mass is 1490 g/mol. The predicted molar refractivity (Wildman–Crippen MR) is 412 cm³/mol. The van der Waals surface area contributed by atoms with E-state index in [0.29, 0.717) is 45.9 Å². The van der Waals surface area contributed by atoms with Crippen molar-refractivity contribution in [3.8, 4) is 0 Å². The number of carbonyl (C=O) groups is 4. The Labute approximate surface area is 642 Å². The van der Waals surface area contributed by atoms with Crippen LogP contribution < -0.4 is 50.9 Å². The van der Waals surface area contributed by atoms with E-state index in [9.17, 15) is 19.2 Å². The summed E-state index contributed by atoms with van der Waals surface area (Å²) in [6.07, 6.45) is 28.1. The fourth-order valence-electron chi connectivity index (χ4n) is 13.4. The summed E-state index contributed by atoms with van der Waals surface area (Å²) in [5.41, 5.74) is 7.41. The Kier molecular flexibility index (Phi) is 26.9. The van der Waals surface area contributed by atoms with Gasteiger partial charge in [0.05, 0.1) is 54.9 Å². The molecule has 8 bridgehead atoms. The number of nitrogens with zero attached hydrogens (tertiary/aromatic N) is 12. The van der Waals surface area contributed by atoms with Gasteiger partial charge in [0.2, 0.25) is 0 Å². The summed E-state index contributed by atoms with van der Waals surface area (Å²) in [4.78, 5) is 85.0. The van der Waals surface area contributed by atoms with E-state index in [1.54, 1.807) is 76.4 Å². The van der Waals surface area contributed by atoms with Crippen molar-refractivity contribution in [2.75, 3.05) is 72.1 Å². The molecular weight excluding hydrogens is 1400 g/mol. The molecule has 5 saturated heterocycles. The standard InChI is InChI=1S/C21H20P.C14H15N3O2.C13H15N3O.C12H12N3O.C11H16BNO2.C9H11BrN2O2.Na/c1-2-18-22(19-12-6-3-7-13-19,20-14-8-4-9-15-20)21-16-10-5-11-17-21;1-2-7-19-17-13-8-12(9-16(10-13)14(17)18)11-3-5-15-6-4-11;1-2-16-12-7-11(8-15(9-12)13(16)17)10-3-5-14-6-4-10;1-14-11-6-10(7-15(8-11)12(14)16)9-2-4-13-5-3-9;1-10(2)11(3,4)15-12(14-10)9-5-7-13-8-6-9;1-2-3-14-12-8-4-7(10)5-11(6-8)9(12)13;/h2-18H,1H3;2-6,8,13H,1,7,9-10H2;3-7,12H,2,8-9H2,1H3;2-6,11H,1,7-8H2;5-8H,1-4H3;2,4,8H,1,3,5-6H2;/q+1;;;-1;;;+1/b18-2+;;;;;;. The first-order valence-electron chi connectivity index (χ1n) is 34.6. The molecule has 4 aromatic heterocycles. The molecule has 4 unspecified atom stereocenters. The van der Waals surface area contributed by atoms with Crippen LogP contribution in [0.3, 0.4) is 0 Å². The molecule has 0 aliphatic carbocycles. The van der Waals surface area contributed by atoms with Crippen molar-refractivity contribution >= 4 is 92.5 Å². The van der Waals surface area contributed by atoms with Crippen LogP contribution in [0, 0.1) is 7.05 Å². The second kappa shape index (κ2) is 35.9. The van der Waals surface area contributed by atoms with E-state index in [1.807, 2.05) is 104 Å². The molecule has 532 valence electrons. The van der Waals surface area contributed by atoms with Crippen molar-refractivity contribution in [1.29, 1.82) is 0 Å². The molecule has 7 aromatic rings. The normalized spacial score (nSPS) is 20.6. The van der Waals surface area contributed by atoms with E-state index < -0.39 is 7.26 Å². The smallest absolute Gasteiger partial charge is 0.470 e. The Bertz CT molecular complexity index is 4120. The van der Waals surface area contributed by atoms with Gasteiger partial charge in [-0.25, -0.2) is 14.4 Å². The number of allylic oxidation sites excluding steroid dienone is 1. The number of halogens is 1. The van der Waals surface area contributed by atoms with Gasteiger partial charge in [0.25, 0.3) is 6.03 Å². The number of pyridine rings is 4. The minimum atomic E-state index is -1.73. The minimum Gasteiger partial charge on any atom is -0.470 e. The number of hydrogen-bond acceptors (Lipinski definition) is 12. The summed E-state index contributed by atoms with van der Waals surface area (Å²) in [6.45, 7) is 26.6. The van der Waals surface area contributed by atoms with Gasteiger partial charge in [-0.05, 0) is 171 Å². The summed E-state index contributed by atoms with van der Waals surface area (Å²) < 4.78 is 12.8. The van der Waals surface area contributed by atoms with Gasteiger partial charge in [0.15, 0.2) is 0 Å². The maximum absolute atomic E-state index is 12.1. The van der Waals surface area contributed by atoms with Crippen molar-refractivity contribution in [3.63, 3.8) is 0 Å². The van der Waals surface area contributed by atoms with Crippen LogP contribution in [0.4, 0.5) is 19.2 Å². The molecular formula is C80H89BBrN12NaO8P+. The maximum atomic E-state index is 12.1. The van der Waals surface area contributed by atoms with Gasteiger partial charge in [-0.2, -0.15) is 10.1 Å². The quantitative estimate of drug-likeness (QED) is 0.0412. The molecule has 9 aliphatic rings. The molecule has 0 radical (unpaired) electrons. The topological polar surface area (TPSA) is 183 Å². The maximum Gasteiger partial charge on any atom is 1.00 e. The van der Waals surface area contributed by atoms with E-state index in [-0.39, 0.29) is 96.2 Å². The molecule has 8 amide bonds. The van der Waals surface area contributed by atoms with Crippen molar-refractivity contribution in [1.82, 2.24) is 59.5 Å². The van der Waals surface area contributed by atoms with E-state index in [0.717, 1.165) is 52.8 Å². The average Bonchev–Trinajstić information content (AvgIpc) is 1.68. The number of benzene rings is 3. The van der Waals surface area contributed by atoms with Gasteiger partial charge in [0, 0.05) is 112 Å². The zero-order valence-corrected chi connectivity index (χ0v) is 64.7. The van der Waals surface area contributed by atoms with E-state index in [1.165, 1.54) is 42.7 Å². The summed E-state index contributed by atoms with van der Waals surface area (Å²) in [7, 11) is 1.76. The third kappa shape index (κ3) is 18.0. The molecule has 0 saturated carbocycles. The average molecular weight is 1490 g/mol. The molecule has 20 nitrogen and oxygen atoms in total. The number of hydrogen-bond donors (Lipinski definition) is 0. The summed E-state index contributed by atoms with van der Waals surface area (Å²) in [6, 6.07) is 48.7. The van der Waals surface area contributed by atoms with E-state index >= 15 is 0 Å². The van der Waals surface area contributed by atoms with Crippen LogP contribution in [0.1, 0.15) is 58.2 Å². The van der Waals surface area contributed by atoms with Crippen molar-refractivity contribution < 1.29 is 67.7 Å². The van der Waals surface area contributed by atoms with Crippen LogP contribution in [0.15, 0.2) is 255 Å². The van der Waals surface area contributed by atoms with Crippen LogP contribution in [0.5, 0.6) is 0 Å². The van der Waals surface area contributed by atoms with E-state index in [4.69, 9.17) is 19.0 Å². The molecule has 0 spiro atoms. The molecule has 13 heterocycles. The Balaban J connectivity index is 0.000000134. The van der Waals surface area contributed by atoms with Gasteiger partial charge < -0.3 is 38.7 Å². The van der Waals surface area contributed by atoms with Gasteiger partial charge >= 0.3 is 54.8 Å². The number of urea groups is 4. The molecule has 16 rings (SSSR count). The van der Waals surface area contributed by atoms with Gasteiger partial charge in [0.1, 0.15) is 23.2 Å². The largest absolute Gasteiger partial charge is 1.00 e. The van der Waals surface area contributed by atoms with Crippen LogP contribution in [-0.4, -0.2) is 198 Å². The van der Waals surface area contributed by atoms with Crippen LogP contribution in [-0.2, 0) is 19.0 Å².